The lowest BCUT2D eigenvalue weighted by atomic mass is 10.2. The first-order valence-corrected chi connectivity index (χ1v) is 7.03. The predicted octanol–water partition coefficient (Wildman–Crippen LogP) is 3.81. The highest BCUT2D eigenvalue weighted by molar-refractivity contribution is 6.30. The molecule has 0 spiro atoms. The van der Waals surface area contributed by atoms with Crippen LogP contribution in [0.15, 0.2) is 55.3 Å². The van der Waals surface area contributed by atoms with E-state index in [-0.39, 0.29) is 5.91 Å². The van der Waals surface area contributed by atoms with Crippen LogP contribution < -0.4 is 10.6 Å². The summed E-state index contributed by atoms with van der Waals surface area (Å²) >= 11 is 0. The number of carbonyl (C=O) groups is 1. The Morgan fingerprint density at radius 1 is 1.23 bits per heavy atom. The average molecular weight is 293 g/mol. The topological polar surface area (TPSA) is 54.0 Å². The van der Waals surface area contributed by atoms with Gasteiger partial charge in [-0.1, -0.05) is 36.9 Å². The quantitative estimate of drug-likeness (QED) is 0.828. The standard InChI is InChI=1S/C9H8N2O.C9H11N/c1-2-6-8-7(11-9(6)12)4-3-5-10-8;1-3-8-6-4-5-7-9(8)10-2/h2-5H,1H3,(H,11,12);3-7,10H,1H2,2H3/b6-2-;. The van der Waals surface area contributed by atoms with Gasteiger partial charge >= 0.3 is 0 Å². The molecular weight excluding hydrogens is 274 g/mol. The lowest BCUT2D eigenvalue weighted by Crippen LogP contribution is -2.03. The zero-order valence-corrected chi connectivity index (χ0v) is 12.8. The molecule has 2 aromatic rings. The lowest BCUT2D eigenvalue weighted by Gasteiger charge is -2.02. The minimum absolute atomic E-state index is 0.0637. The van der Waals surface area contributed by atoms with Crippen molar-refractivity contribution in [3.63, 3.8) is 0 Å². The zero-order valence-electron chi connectivity index (χ0n) is 12.8. The number of benzene rings is 1. The first-order valence-electron chi connectivity index (χ1n) is 7.03. The first-order chi connectivity index (χ1) is 10.7. The van der Waals surface area contributed by atoms with Gasteiger partial charge in [-0.25, -0.2) is 0 Å². The van der Waals surface area contributed by atoms with Gasteiger partial charge in [0.25, 0.3) is 5.91 Å². The van der Waals surface area contributed by atoms with E-state index in [2.05, 4.69) is 22.2 Å². The maximum atomic E-state index is 11.2. The monoisotopic (exact) mass is 293 g/mol. The summed E-state index contributed by atoms with van der Waals surface area (Å²) in [6.45, 7) is 5.53. The summed E-state index contributed by atoms with van der Waals surface area (Å²) < 4.78 is 0. The molecule has 4 heteroatoms. The van der Waals surface area contributed by atoms with Crippen LogP contribution in [0.4, 0.5) is 11.4 Å². The highest BCUT2D eigenvalue weighted by Gasteiger charge is 2.23. The molecule has 1 aliphatic heterocycles. The number of pyridine rings is 1. The van der Waals surface area contributed by atoms with Crippen LogP contribution in [0.5, 0.6) is 0 Å². The number of hydrogen-bond acceptors (Lipinski definition) is 3. The largest absolute Gasteiger partial charge is 0.388 e. The molecular formula is C18H19N3O. The van der Waals surface area contributed by atoms with Crippen molar-refractivity contribution in [1.29, 1.82) is 0 Å². The maximum Gasteiger partial charge on any atom is 0.257 e. The van der Waals surface area contributed by atoms with E-state index in [0.29, 0.717) is 5.57 Å². The third-order valence-corrected chi connectivity index (χ3v) is 3.29. The lowest BCUT2D eigenvalue weighted by molar-refractivity contribution is -0.110. The molecule has 22 heavy (non-hydrogen) atoms. The Kier molecular flexibility index (Phi) is 5.09. The van der Waals surface area contributed by atoms with Crippen molar-refractivity contribution >= 4 is 28.9 Å². The van der Waals surface area contributed by atoms with E-state index < -0.39 is 0 Å². The van der Waals surface area contributed by atoms with Gasteiger partial charge in [0.15, 0.2) is 0 Å². The van der Waals surface area contributed by atoms with E-state index in [9.17, 15) is 4.79 Å². The van der Waals surface area contributed by atoms with Crippen molar-refractivity contribution in [2.75, 3.05) is 17.7 Å². The van der Waals surface area contributed by atoms with Crippen LogP contribution in [0.25, 0.3) is 11.6 Å². The number of hydrogen-bond donors (Lipinski definition) is 2. The van der Waals surface area contributed by atoms with Crippen LogP contribution in [0.3, 0.4) is 0 Å². The fourth-order valence-electron chi connectivity index (χ4n) is 2.19. The Labute approximate surface area is 130 Å². The third-order valence-electron chi connectivity index (χ3n) is 3.29. The normalized spacial score (nSPS) is 13.7. The van der Waals surface area contributed by atoms with Crippen molar-refractivity contribution in [3.05, 3.63) is 66.5 Å². The Morgan fingerprint density at radius 2 is 2.00 bits per heavy atom. The van der Waals surface area contributed by atoms with Crippen LogP contribution in [0, 0.1) is 0 Å². The number of allylic oxidation sites excluding steroid dienone is 1. The molecule has 1 aromatic heterocycles. The van der Waals surface area contributed by atoms with Crippen molar-refractivity contribution in [1.82, 2.24) is 4.98 Å². The molecule has 1 aromatic carbocycles. The van der Waals surface area contributed by atoms with Gasteiger partial charge in [0.1, 0.15) is 0 Å². The molecule has 0 saturated carbocycles. The van der Waals surface area contributed by atoms with Crippen molar-refractivity contribution in [2.45, 2.75) is 6.92 Å². The summed E-state index contributed by atoms with van der Waals surface area (Å²) in [7, 11) is 1.91. The molecule has 1 amide bonds. The zero-order chi connectivity index (χ0) is 15.9. The van der Waals surface area contributed by atoms with E-state index >= 15 is 0 Å². The number of para-hydroxylation sites is 1. The fraction of sp³-hybridized carbons (Fsp3) is 0.111. The minimum Gasteiger partial charge on any atom is -0.388 e. The molecule has 2 N–H and O–H groups in total. The first kappa shape index (κ1) is 15.5. The summed E-state index contributed by atoms with van der Waals surface area (Å²) in [6.07, 6.45) is 5.29. The number of amides is 1. The molecule has 0 atom stereocenters. The van der Waals surface area contributed by atoms with Crippen LogP contribution in [-0.2, 0) is 4.79 Å². The molecule has 0 radical (unpaired) electrons. The van der Waals surface area contributed by atoms with Gasteiger partial charge in [0.2, 0.25) is 0 Å². The highest BCUT2D eigenvalue weighted by atomic mass is 16.2. The van der Waals surface area contributed by atoms with Crippen molar-refractivity contribution in [2.24, 2.45) is 0 Å². The van der Waals surface area contributed by atoms with Crippen molar-refractivity contribution in [3.8, 4) is 0 Å². The van der Waals surface area contributed by atoms with Gasteiger partial charge in [-0.05, 0) is 30.7 Å². The second-order valence-electron chi connectivity index (χ2n) is 4.60. The van der Waals surface area contributed by atoms with Gasteiger partial charge in [-0.2, -0.15) is 0 Å². The Morgan fingerprint density at radius 3 is 2.64 bits per heavy atom. The molecule has 0 bridgehead atoms. The highest BCUT2D eigenvalue weighted by Crippen LogP contribution is 2.28. The molecule has 3 rings (SSSR count). The summed E-state index contributed by atoms with van der Waals surface area (Å²) in [5.41, 5.74) is 4.48. The van der Waals surface area contributed by atoms with Crippen LogP contribution >= 0.6 is 0 Å². The van der Waals surface area contributed by atoms with E-state index in [1.165, 1.54) is 0 Å². The van der Waals surface area contributed by atoms with E-state index in [4.69, 9.17) is 0 Å². The molecule has 112 valence electrons. The third kappa shape index (κ3) is 3.23. The second kappa shape index (κ2) is 7.22. The number of aromatic nitrogens is 1. The average Bonchev–Trinajstić information content (AvgIpc) is 2.90. The van der Waals surface area contributed by atoms with E-state index in [1.54, 1.807) is 18.3 Å². The number of fused-ring (bicyclic) bond motifs is 1. The number of anilines is 2. The summed E-state index contributed by atoms with van der Waals surface area (Å²) in [4.78, 5) is 15.4. The minimum atomic E-state index is -0.0637. The summed E-state index contributed by atoms with van der Waals surface area (Å²) in [6, 6.07) is 11.7. The Hall–Kier alpha value is -2.88. The number of nitrogens with zero attached hydrogens (tertiary/aromatic N) is 1. The number of rotatable bonds is 2. The molecule has 0 unspecified atom stereocenters. The predicted molar refractivity (Wildman–Crippen MR) is 92.6 cm³/mol. The molecule has 2 heterocycles. The number of nitrogens with one attached hydrogen (secondary N) is 2. The maximum absolute atomic E-state index is 11.2. The SMILES string of the molecule is C/C=C1\C(=O)Nc2cccnc21.C=Cc1ccccc1NC. The van der Waals surface area contributed by atoms with Crippen LogP contribution in [0.2, 0.25) is 0 Å². The fourth-order valence-corrected chi connectivity index (χ4v) is 2.19. The molecule has 4 nitrogen and oxygen atoms in total. The molecule has 0 saturated heterocycles. The smallest absolute Gasteiger partial charge is 0.257 e. The van der Waals surface area contributed by atoms with Crippen LogP contribution in [-0.4, -0.2) is 17.9 Å². The second-order valence-corrected chi connectivity index (χ2v) is 4.60. The number of carbonyl (C=O) groups excluding carboxylic acids is 1. The molecule has 0 aliphatic carbocycles. The van der Waals surface area contributed by atoms with Gasteiger partial charge in [0, 0.05) is 18.9 Å². The van der Waals surface area contributed by atoms with E-state index in [1.807, 2.05) is 50.4 Å². The Balaban J connectivity index is 0.000000164. The van der Waals surface area contributed by atoms with Gasteiger partial charge in [-0.15, -0.1) is 0 Å². The van der Waals surface area contributed by atoms with Crippen LogP contribution in [0.1, 0.15) is 18.2 Å². The van der Waals surface area contributed by atoms with Crippen molar-refractivity contribution < 1.29 is 4.79 Å². The molecule has 0 fully saturated rings. The Bertz CT molecular complexity index is 720. The summed E-state index contributed by atoms with van der Waals surface area (Å²) in [5, 5.41) is 5.80. The molecule has 1 aliphatic rings. The van der Waals surface area contributed by atoms with Gasteiger partial charge in [0.05, 0.1) is 17.0 Å². The van der Waals surface area contributed by atoms with E-state index in [0.717, 1.165) is 22.6 Å². The van der Waals surface area contributed by atoms with Gasteiger partial charge < -0.3 is 10.6 Å². The summed E-state index contributed by atoms with van der Waals surface area (Å²) in [5.74, 6) is -0.0637. The van der Waals surface area contributed by atoms with Gasteiger partial charge in [-0.3, -0.25) is 9.78 Å².